The summed E-state index contributed by atoms with van der Waals surface area (Å²) in [7, 11) is 0. The van der Waals surface area contributed by atoms with Crippen molar-refractivity contribution in [3.63, 3.8) is 0 Å². The Balaban J connectivity index is 3.57. The van der Waals surface area contributed by atoms with Gasteiger partial charge in [-0.05, 0) is 0 Å². The lowest BCUT2D eigenvalue weighted by molar-refractivity contribution is 0.451. The van der Waals surface area contributed by atoms with Crippen molar-refractivity contribution < 1.29 is 13.2 Å². The van der Waals surface area contributed by atoms with Crippen LogP contribution < -0.4 is 0 Å². The van der Waals surface area contributed by atoms with Gasteiger partial charge >= 0.3 is 0 Å². The van der Waals surface area contributed by atoms with Crippen LogP contribution in [0.4, 0.5) is 13.2 Å². The second kappa shape index (κ2) is 5.28. The molecule has 0 fully saturated rings. The lowest BCUT2D eigenvalue weighted by Gasteiger charge is -2.13. The maximum absolute atomic E-state index is 12.6. The first-order chi connectivity index (χ1) is 7.08. The molecule has 0 N–H and O–H groups in total. The van der Waals surface area contributed by atoms with Gasteiger partial charge in [-0.1, -0.05) is 34.8 Å². The number of halogens is 6. The molecule has 0 saturated carbocycles. The van der Waals surface area contributed by atoms with Gasteiger partial charge in [0.05, 0.1) is 15.1 Å². The van der Waals surface area contributed by atoms with Gasteiger partial charge in [0.25, 0.3) is 0 Å². The van der Waals surface area contributed by atoms with Crippen LogP contribution >= 0.6 is 34.8 Å². The largest absolute Gasteiger partial charge is 0.246 e. The number of alkyl halides is 3. The van der Waals surface area contributed by atoms with Gasteiger partial charge in [0.2, 0.25) is 0 Å². The summed E-state index contributed by atoms with van der Waals surface area (Å²) < 4.78 is 37.7. The maximum atomic E-state index is 12.6. The molecule has 0 radical (unpaired) electrons. The van der Waals surface area contributed by atoms with Crippen molar-refractivity contribution in [1.29, 1.82) is 0 Å². The molecule has 0 aliphatic rings. The maximum Gasteiger partial charge on any atom is 0.117 e. The molecule has 0 amide bonds. The minimum Gasteiger partial charge on any atom is -0.246 e. The second-order valence-electron chi connectivity index (χ2n) is 2.78. The smallest absolute Gasteiger partial charge is 0.117 e. The third kappa shape index (κ3) is 2.19. The molecule has 0 saturated heterocycles. The van der Waals surface area contributed by atoms with E-state index in [0.29, 0.717) is 0 Å². The predicted molar refractivity (Wildman–Crippen MR) is 55.9 cm³/mol. The summed E-state index contributed by atoms with van der Waals surface area (Å²) in [5.74, 6) is 0. The standard InChI is InChI=1S/C9H6Cl3F3/c10-7-4(1-13)5(2-14)8(11)9(12)6(7)3-15/h1-3H2. The Morgan fingerprint density at radius 2 is 0.933 bits per heavy atom. The van der Waals surface area contributed by atoms with Crippen LogP contribution in [-0.2, 0) is 20.0 Å². The summed E-state index contributed by atoms with van der Waals surface area (Å²) in [4.78, 5) is 0. The summed E-state index contributed by atoms with van der Waals surface area (Å²) in [6.45, 7) is -2.98. The highest BCUT2D eigenvalue weighted by Crippen LogP contribution is 2.39. The first-order valence-corrected chi connectivity index (χ1v) is 5.06. The van der Waals surface area contributed by atoms with Crippen molar-refractivity contribution in [2.45, 2.75) is 20.0 Å². The zero-order valence-electron chi connectivity index (χ0n) is 7.39. The van der Waals surface area contributed by atoms with E-state index in [0.717, 1.165) is 0 Å². The van der Waals surface area contributed by atoms with Crippen LogP contribution in [0.3, 0.4) is 0 Å². The first kappa shape index (κ1) is 12.9. The highest BCUT2D eigenvalue weighted by atomic mass is 35.5. The molecular formula is C9H6Cl3F3. The normalized spacial score (nSPS) is 10.8. The molecule has 6 heteroatoms. The van der Waals surface area contributed by atoms with Crippen LogP contribution in [0.2, 0.25) is 15.1 Å². The zero-order valence-corrected chi connectivity index (χ0v) is 9.66. The molecule has 1 rings (SSSR count). The Hall–Kier alpha value is -0.120. The zero-order chi connectivity index (χ0) is 11.6. The van der Waals surface area contributed by atoms with Crippen LogP contribution in [0.15, 0.2) is 0 Å². The quantitative estimate of drug-likeness (QED) is 0.678. The Morgan fingerprint density at radius 3 is 1.33 bits per heavy atom. The molecule has 0 aliphatic heterocycles. The third-order valence-corrected chi connectivity index (χ3v) is 3.40. The Morgan fingerprint density at radius 1 is 0.600 bits per heavy atom. The number of rotatable bonds is 3. The van der Waals surface area contributed by atoms with Gasteiger partial charge in [0, 0.05) is 16.7 Å². The first-order valence-electron chi connectivity index (χ1n) is 3.93. The summed E-state index contributed by atoms with van der Waals surface area (Å²) >= 11 is 17.0. The van der Waals surface area contributed by atoms with Crippen LogP contribution in [0.1, 0.15) is 16.7 Å². The average Bonchev–Trinajstić information content (AvgIpc) is 2.23. The van der Waals surface area contributed by atoms with Crippen molar-refractivity contribution in [2.75, 3.05) is 0 Å². The van der Waals surface area contributed by atoms with Crippen molar-refractivity contribution in [2.24, 2.45) is 0 Å². The number of benzene rings is 1. The van der Waals surface area contributed by atoms with Gasteiger partial charge < -0.3 is 0 Å². The molecule has 0 aliphatic carbocycles. The van der Waals surface area contributed by atoms with E-state index < -0.39 is 20.0 Å². The Kier molecular flexibility index (Phi) is 4.56. The fraction of sp³-hybridized carbons (Fsp3) is 0.333. The van der Waals surface area contributed by atoms with Crippen LogP contribution in [0, 0.1) is 0 Å². The monoisotopic (exact) mass is 276 g/mol. The highest BCUT2D eigenvalue weighted by Gasteiger charge is 2.20. The summed E-state index contributed by atoms with van der Waals surface area (Å²) in [5, 5.41) is -0.528. The third-order valence-electron chi connectivity index (χ3n) is 2.02. The molecule has 1 aromatic carbocycles. The van der Waals surface area contributed by atoms with E-state index in [1.165, 1.54) is 0 Å². The van der Waals surface area contributed by atoms with E-state index >= 15 is 0 Å². The summed E-state index contributed by atoms with van der Waals surface area (Å²) in [6, 6.07) is 0. The molecule has 0 atom stereocenters. The molecule has 84 valence electrons. The van der Waals surface area contributed by atoms with Crippen molar-refractivity contribution in [3.05, 3.63) is 31.8 Å². The van der Waals surface area contributed by atoms with Gasteiger partial charge in [-0.2, -0.15) is 0 Å². The molecule has 0 heterocycles. The minimum absolute atomic E-state index is 0.104. The van der Waals surface area contributed by atoms with Crippen LogP contribution in [0.5, 0.6) is 0 Å². The minimum atomic E-state index is -1.01. The van der Waals surface area contributed by atoms with Gasteiger partial charge in [0.15, 0.2) is 0 Å². The van der Waals surface area contributed by atoms with Gasteiger partial charge in [0.1, 0.15) is 20.0 Å². The molecular weight excluding hydrogens is 271 g/mol. The fourth-order valence-electron chi connectivity index (χ4n) is 1.20. The Labute approximate surface area is 99.9 Å². The summed E-state index contributed by atoms with van der Waals surface area (Å²) in [6.07, 6.45) is 0. The van der Waals surface area contributed by atoms with Crippen molar-refractivity contribution in [3.8, 4) is 0 Å². The number of hydrogen-bond acceptors (Lipinski definition) is 0. The molecule has 1 aromatic rings. The lowest BCUT2D eigenvalue weighted by atomic mass is 10.1. The van der Waals surface area contributed by atoms with E-state index in [1.807, 2.05) is 0 Å². The second-order valence-corrected chi connectivity index (χ2v) is 3.91. The van der Waals surface area contributed by atoms with Gasteiger partial charge in [-0.3, -0.25) is 0 Å². The average molecular weight is 277 g/mol. The van der Waals surface area contributed by atoms with E-state index in [-0.39, 0.29) is 31.8 Å². The fourth-order valence-corrected chi connectivity index (χ4v) is 2.10. The lowest BCUT2D eigenvalue weighted by Crippen LogP contribution is -1.98. The Bertz CT molecular complexity index is 380. The SMILES string of the molecule is FCc1c(Cl)c(Cl)c(CF)c(CF)c1Cl. The van der Waals surface area contributed by atoms with E-state index in [1.54, 1.807) is 0 Å². The van der Waals surface area contributed by atoms with Gasteiger partial charge in [-0.25, -0.2) is 13.2 Å². The number of hydrogen-bond donors (Lipinski definition) is 0. The molecule has 0 spiro atoms. The molecule has 0 nitrogen and oxygen atoms in total. The van der Waals surface area contributed by atoms with E-state index in [4.69, 9.17) is 34.8 Å². The molecule has 0 unspecified atom stereocenters. The molecule has 15 heavy (non-hydrogen) atoms. The van der Waals surface area contributed by atoms with E-state index in [9.17, 15) is 13.2 Å². The van der Waals surface area contributed by atoms with E-state index in [2.05, 4.69) is 0 Å². The van der Waals surface area contributed by atoms with Crippen molar-refractivity contribution in [1.82, 2.24) is 0 Å². The van der Waals surface area contributed by atoms with Crippen LogP contribution in [0.25, 0.3) is 0 Å². The topological polar surface area (TPSA) is 0 Å². The van der Waals surface area contributed by atoms with Crippen LogP contribution in [-0.4, -0.2) is 0 Å². The van der Waals surface area contributed by atoms with Crippen molar-refractivity contribution >= 4 is 34.8 Å². The molecule has 0 aromatic heterocycles. The highest BCUT2D eigenvalue weighted by molar-refractivity contribution is 6.44. The summed E-state index contributed by atoms with van der Waals surface area (Å²) in [5.41, 5.74) is -0.360. The van der Waals surface area contributed by atoms with Gasteiger partial charge in [-0.15, -0.1) is 0 Å². The predicted octanol–water partition coefficient (Wildman–Crippen LogP) is 5.06. The molecule has 0 bridgehead atoms.